The lowest BCUT2D eigenvalue weighted by Crippen LogP contribution is -2.11. The van der Waals surface area contributed by atoms with Crippen LogP contribution >= 0.6 is 12.4 Å². The van der Waals surface area contributed by atoms with Crippen molar-refractivity contribution in [3.63, 3.8) is 0 Å². The number of halogens is 1. The Morgan fingerprint density at radius 3 is 1.90 bits per heavy atom. The summed E-state index contributed by atoms with van der Waals surface area (Å²) in [7, 11) is 0. The monoisotopic (exact) mass is 289 g/mol. The Bertz CT molecular complexity index is 491. The van der Waals surface area contributed by atoms with Gasteiger partial charge in [-0.05, 0) is 35.4 Å². The van der Waals surface area contributed by atoms with Crippen molar-refractivity contribution in [2.45, 2.75) is 32.7 Å². The molecule has 0 radical (unpaired) electrons. The first kappa shape index (κ1) is 16.7. The molecular weight excluding hydrogens is 266 g/mol. The fourth-order valence-electron chi connectivity index (χ4n) is 2.23. The molecule has 0 amide bonds. The molecule has 2 N–H and O–H groups in total. The quantitative estimate of drug-likeness (QED) is 0.803. The molecule has 0 unspecified atom stereocenters. The Labute approximate surface area is 128 Å². The molecule has 1 atom stereocenters. The van der Waals surface area contributed by atoms with Crippen molar-refractivity contribution in [3.8, 4) is 11.1 Å². The minimum Gasteiger partial charge on any atom is -0.324 e. The summed E-state index contributed by atoms with van der Waals surface area (Å²) >= 11 is 0. The number of hydrogen-bond acceptors (Lipinski definition) is 1. The maximum atomic E-state index is 6.23. The van der Waals surface area contributed by atoms with Crippen molar-refractivity contribution in [1.82, 2.24) is 0 Å². The summed E-state index contributed by atoms with van der Waals surface area (Å²) < 4.78 is 0. The molecule has 0 aromatic heterocycles. The third-order valence-electron chi connectivity index (χ3n) is 3.50. The normalized spacial score (nSPS) is 12.0. The summed E-state index contributed by atoms with van der Waals surface area (Å²) in [4.78, 5) is 0. The molecule has 0 fully saturated rings. The van der Waals surface area contributed by atoms with Crippen LogP contribution in [0.5, 0.6) is 0 Å². The summed E-state index contributed by atoms with van der Waals surface area (Å²) in [5, 5.41) is 0. The Morgan fingerprint density at radius 1 is 0.800 bits per heavy atom. The highest BCUT2D eigenvalue weighted by Gasteiger charge is 2.07. The van der Waals surface area contributed by atoms with E-state index in [2.05, 4.69) is 62.4 Å². The van der Waals surface area contributed by atoms with Gasteiger partial charge in [0.15, 0.2) is 0 Å². The number of benzene rings is 2. The van der Waals surface area contributed by atoms with Crippen LogP contribution < -0.4 is 5.73 Å². The zero-order valence-electron chi connectivity index (χ0n) is 12.3. The van der Waals surface area contributed by atoms with Crippen molar-refractivity contribution in [2.24, 2.45) is 11.7 Å². The molecule has 0 saturated heterocycles. The first-order valence-electron chi connectivity index (χ1n) is 7.08. The SMILES string of the molecule is CC(C)CC[C@@H](N)c1ccc(-c2ccccc2)cc1.Cl. The van der Waals surface area contributed by atoms with Crippen molar-refractivity contribution in [1.29, 1.82) is 0 Å². The van der Waals surface area contributed by atoms with E-state index in [1.54, 1.807) is 0 Å². The Morgan fingerprint density at radius 2 is 1.35 bits per heavy atom. The second-order valence-corrected chi connectivity index (χ2v) is 5.57. The molecule has 0 bridgehead atoms. The van der Waals surface area contributed by atoms with Gasteiger partial charge in [-0.1, -0.05) is 68.4 Å². The zero-order chi connectivity index (χ0) is 13.7. The predicted molar refractivity (Wildman–Crippen MR) is 90.1 cm³/mol. The largest absolute Gasteiger partial charge is 0.324 e. The molecule has 0 saturated carbocycles. The van der Waals surface area contributed by atoms with E-state index in [1.807, 2.05) is 6.07 Å². The summed E-state index contributed by atoms with van der Waals surface area (Å²) in [6.45, 7) is 4.48. The van der Waals surface area contributed by atoms with E-state index in [4.69, 9.17) is 5.73 Å². The average molecular weight is 290 g/mol. The molecule has 108 valence electrons. The highest BCUT2D eigenvalue weighted by atomic mass is 35.5. The van der Waals surface area contributed by atoms with Crippen molar-refractivity contribution in [3.05, 3.63) is 60.2 Å². The number of hydrogen-bond donors (Lipinski definition) is 1. The highest BCUT2D eigenvalue weighted by molar-refractivity contribution is 5.85. The minimum atomic E-state index is 0. The van der Waals surface area contributed by atoms with Crippen LogP contribution in [0.4, 0.5) is 0 Å². The van der Waals surface area contributed by atoms with Crippen LogP contribution in [-0.2, 0) is 0 Å². The molecule has 0 aliphatic heterocycles. The molecule has 20 heavy (non-hydrogen) atoms. The van der Waals surface area contributed by atoms with Gasteiger partial charge >= 0.3 is 0 Å². The molecule has 2 aromatic carbocycles. The molecule has 2 rings (SSSR count). The lowest BCUT2D eigenvalue weighted by molar-refractivity contribution is 0.507. The van der Waals surface area contributed by atoms with Crippen molar-refractivity contribution < 1.29 is 0 Å². The van der Waals surface area contributed by atoms with E-state index in [1.165, 1.54) is 23.1 Å². The summed E-state index contributed by atoms with van der Waals surface area (Å²) in [6.07, 6.45) is 2.24. The van der Waals surface area contributed by atoms with Gasteiger partial charge in [-0.2, -0.15) is 0 Å². The second-order valence-electron chi connectivity index (χ2n) is 5.57. The van der Waals surface area contributed by atoms with Crippen LogP contribution in [0, 0.1) is 5.92 Å². The van der Waals surface area contributed by atoms with E-state index in [0.29, 0.717) is 0 Å². The van der Waals surface area contributed by atoms with Crippen LogP contribution in [0.2, 0.25) is 0 Å². The van der Waals surface area contributed by atoms with Crippen molar-refractivity contribution in [2.75, 3.05) is 0 Å². The number of rotatable bonds is 5. The Hall–Kier alpha value is -1.31. The first-order chi connectivity index (χ1) is 9.16. The molecular formula is C18H24ClN. The summed E-state index contributed by atoms with van der Waals surface area (Å²) in [6, 6.07) is 19.3. The van der Waals surface area contributed by atoms with E-state index >= 15 is 0 Å². The van der Waals surface area contributed by atoms with Crippen LogP contribution in [0.15, 0.2) is 54.6 Å². The third kappa shape index (κ3) is 4.66. The van der Waals surface area contributed by atoms with E-state index in [0.717, 1.165) is 12.3 Å². The van der Waals surface area contributed by atoms with Gasteiger partial charge in [-0.3, -0.25) is 0 Å². The fraction of sp³-hybridized carbons (Fsp3) is 0.333. The lowest BCUT2D eigenvalue weighted by atomic mass is 9.96. The van der Waals surface area contributed by atoms with Gasteiger partial charge in [0.1, 0.15) is 0 Å². The van der Waals surface area contributed by atoms with E-state index in [-0.39, 0.29) is 18.4 Å². The summed E-state index contributed by atoms with van der Waals surface area (Å²) in [5.74, 6) is 0.717. The van der Waals surface area contributed by atoms with Gasteiger partial charge in [-0.15, -0.1) is 12.4 Å². The van der Waals surface area contributed by atoms with Crippen molar-refractivity contribution >= 4 is 12.4 Å². The average Bonchev–Trinajstić information content (AvgIpc) is 2.46. The Kier molecular flexibility index (Phi) is 6.77. The molecule has 2 heteroatoms. The third-order valence-corrected chi connectivity index (χ3v) is 3.50. The highest BCUT2D eigenvalue weighted by Crippen LogP contribution is 2.23. The second kappa shape index (κ2) is 8.08. The summed E-state index contributed by atoms with van der Waals surface area (Å²) in [5.41, 5.74) is 9.97. The molecule has 0 aliphatic carbocycles. The van der Waals surface area contributed by atoms with E-state index in [9.17, 15) is 0 Å². The van der Waals surface area contributed by atoms with Gasteiger partial charge in [0.2, 0.25) is 0 Å². The van der Waals surface area contributed by atoms with Crippen LogP contribution in [0.3, 0.4) is 0 Å². The molecule has 0 spiro atoms. The smallest absolute Gasteiger partial charge is 0.0294 e. The maximum Gasteiger partial charge on any atom is 0.0294 e. The maximum absolute atomic E-state index is 6.23. The van der Waals surface area contributed by atoms with Gasteiger partial charge < -0.3 is 5.73 Å². The van der Waals surface area contributed by atoms with Gasteiger partial charge in [0.05, 0.1) is 0 Å². The molecule has 0 aliphatic rings. The van der Waals surface area contributed by atoms with Gasteiger partial charge in [-0.25, -0.2) is 0 Å². The zero-order valence-corrected chi connectivity index (χ0v) is 13.1. The number of nitrogens with two attached hydrogens (primary N) is 1. The molecule has 2 aromatic rings. The molecule has 1 nitrogen and oxygen atoms in total. The first-order valence-corrected chi connectivity index (χ1v) is 7.08. The Balaban J connectivity index is 0.00000200. The standard InChI is InChI=1S/C18H23N.ClH/c1-14(2)8-13-18(19)17-11-9-16(10-12-17)15-6-4-3-5-7-15;/h3-7,9-12,14,18H,8,13,19H2,1-2H3;1H/t18-;/m1./s1. The van der Waals surface area contributed by atoms with E-state index < -0.39 is 0 Å². The lowest BCUT2D eigenvalue weighted by Gasteiger charge is -2.14. The van der Waals surface area contributed by atoms with Gasteiger partial charge in [0.25, 0.3) is 0 Å². The van der Waals surface area contributed by atoms with Crippen LogP contribution in [0.1, 0.15) is 38.3 Å². The topological polar surface area (TPSA) is 26.0 Å². The predicted octanol–water partition coefficient (Wildman–Crippen LogP) is 5.21. The van der Waals surface area contributed by atoms with Gasteiger partial charge in [0, 0.05) is 6.04 Å². The fourth-order valence-corrected chi connectivity index (χ4v) is 2.23. The molecule has 0 heterocycles. The van der Waals surface area contributed by atoms with Crippen LogP contribution in [-0.4, -0.2) is 0 Å². The van der Waals surface area contributed by atoms with Crippen LogP contribution in [0.25, 0.3) is 11.1 Å². The minimum absolute atomic E-state index is 0.